The van der Waals surface area contributed by atoms with Gasteiger partial charge in [0, 0.05) is 64.3 Å². The molecule has 0 aliphatic rings. The summed E-state index contributed by atoms with van der Waals surface area (Å²) >= 11 is 0. The Kier molecular flexibility index (Phi) is 31.1. The van der Waals surface area contributed by atoms with E-state index in [9.17, 15) is 35.7 Å². The van der Waals surface area contributed by atoms with Crippen LogP contribution in [0, 0.1) is 48.5 Å². The number of benzene rings is 12. The van der Waals surface area contributed by atoms with Crippen molar-refractivity contribution in [3.8, 4) is 74.0 Å². The molecule has 12 aromatic carbocycles. The van der Waals surface area contributed by atoms with Gasteiger partial charge in [-0.15, -0.1) is 0 Å². The molecule has 0 fully saturated rings. The van der Waals surface area contributed by atoms with E-state index in [1.807, 2.05) is 255 Å². The highest BCUT2D eigenvalue weighted by Crippen LogP contribution is 2.55. The monoisotopic (exact) mass is 1990 g/mol. The lowest BCUT2D eigenvalue weighted by Gasteiger charge is -2.34. The number of phenols is 6. The Morgan fingerprint density at radius 2 is 0.442 bits per heavy atom. The number of ether oxygens (including phenoxy) is 3. The highest BCUT2D eigenvalue weighted by molar-refractivity contribution is 6.11. The summed E-state index contributed by atoms with van der Waals surface area (Å²) < 4.78 is 22.2. The van der Waals surface area contributed by atoms with Gasteiger partial charge in [0.1, 0.15) is 51.7 Å². The van der Waals surface area contributed by atoms with Crippen LogP contribution in [0.4, 0.5) is 0 Å². The van der Waals surface area contributed by atoms with Crippen LogP contribution < -0.4 is 14.2 Å². The molecule has 0 spiro atoms. The van der Waals surface area contributed by atoms with Crippen molar-refractivity contribution in [3.63, 3.8) is 0 Å². The quantitative estimate of drug-likeness (QED) is 0.0233. The number of hydrogen-bond acceptors (Lipinski definition) is 13. The van der Waals surface area contributed by atoms with Gasteiger partial charge in [0.15, 0.2) is 0 Å². The van der Waals surface area contributed by atoms with E-state index < -0.39 is 88.9 Å². The molecule has 0 saturated heterocycles. The number of carboxylic acid groups (broad SMARTS) is 1. The molecule has 147 heavy (non-hydrogen) atoms. The van der Waals surface area contributed by atoms with Gasteiger partial charge in [-0.05, 0) is 256 Å². The molecular formula is C133H164O14. The molecule has 0 atom stereocenters. The van der Waals surface area contributed by atoms with Crippen molar-refractivity contribution in [2.45, 2.75) is 374 Å². The fourth-order valence-electron chi connectivity index (χ4n) is 21.5. The highest BCUT2D eigenvalue weighted by atomic mass is 16.5. The molecule has 0 radical (unpaired) electrons. The molecule has 0 unspecified atom stereocenters. The molecule has 0 heterocycles. The predicted octanol–water partition coefficient (Wildman–Crippen LogP) is 32.3. The Bertz CT molecular complexity index is 7040. The zero-order valence-corrected chi connectivity index (χ0v) is 95.4. The molecule has 0 aromatic heterocycles. The van der Waals surface area contributed by atoms with Gasteiger partial charge < -0.3 is 50.0 Å². The summed E-state index contributed by atoms with van der Waals surface area (Å²) in [6, 6.07) is 53.6. The van der Waals surface area contributed by atoms with Crippen LogP contribution in [0.1, 0.15) is 416 Å². The van der Waals surface area contributed by atoms with Crippen LogP contribution in [0.5, 0.6) is 51.7 Å². The third-order valence-electron chi connectivity index (χ3n) is 29.3. The molecule has 0 amide bonds. The second-order valence-corrected chi connectivity index (χ2v) is 53.1. The number of hydrogen-bond donors (Lipinski definition) is 7. The molecule has 780 valence electrons. The molecule has 0 aliphatic carbocycles. The van der Waals surface area contributed by atoms with Gasteiger partial charge in [-0.25, -0.2) is 9.59 Å². The van der Waals surface area contributed by atoms with E-state index in [4.69, 9.17) is 14.2 Å². The van der Waals surface area contributed by atoms with Crippen LogP contribution in [0.15, 0.2) is 170 Å². The molecule has 14 nitrogen and oxygen atoms in total. The molecule has 7 N–H and O–H groups in total. The minimum atomic E-state index is -1.25. The summed E-state index contributed by atoms with van der Waals surface area (Å²) in [6.45, 7) is 79.9. The van der Waals surface area contributed by atoms with Gasteiger partial charge in [0.2, 0.25) is 0 Å². The first-order valence-corrected chi connectivity index (χ1v) is 52.0. The lowest BCUT2D eigenvalue weighted by Crippen LogP contribution is -2.31. The summed E-state index contributed by atoms with van der Waals surface area (Å²) in [5.41, 5.74) is 14.3. The number of carbonyl (C=O) groups excluding carboxylic acids is 3. The van der Waals surface area contributed by atoms with Gasteiger partial charge in [0.25, 0.3) is 0 Å². The Labute approximate surface area is 877 Å². The minimum absolute atomic E-state index is 0.0156. The van der Waals surface area contributed by atoms with Crippen molar-refractivity contribution >= 4 is 23.9 Å². The van der Waals surface area contributed by atoms with Gasteiger partial charge >= 0.3 is 23.9 Å². The van der Waals surface area contributed by atoms with Gasteiger partial charge in [-0.2, -0.15) is 0 Å². The summed E-state index contributed by atoms with van der Waals surface area (Å²) in [4.78, 5) is 66.0. The van der Waals surface area contributed by atoms with Gasteiger partial charge in [-0.1, -0.05) is 394 Å². The lowest BCUT2D eigenvalue weighted by molar-refractivity contribution is -0.136. The van der Waals surface area contributed by atoms with E-state index in [1.54, 1.807) is 30.3 Å². The van der Waals surface area contributed by atoms with Crippen molar-refractivity contribution in [1.82, 2.24) is 0 Å². The number of carboxylic acids is 1. The normalized spacial score (nSPS) is 12.9. The maximum Gasteiger partial charge on any atom is 0.344 e. The van der Waals surface area contributed by atoms with Gasteiger partial charge in [0.05, 0.1) is 24.0 Å². The van der Waals surface area contributed by atoms with E-state index in [-0.39, 0.29) is 101 Å². The maximum atomic E-state index is 17.8. The topological polar surface area (TPSA) is 238 Å². The average molecular weight is 1990 g/mol. The van der Waals surface area contributed by atoms with Crippen LogP contribution >= 0.6 is 0 Å². The number of aryl methyl sites for hydroxylation is 7. The zero-order valence-electron chi connectivity index (χ0n) is 95.4. The first-order valence-electron chi connectivity index (χ1n) is 52.0. The minimum Gasteiger partial charge on any atom is -0.508 e. The first-order chi connectivity index (χ1) is 67.3. The Balaban J connectivity index is 1.16. The zero-order chi connectivity index (χ0) is 110. The standard InChI is InChI=1S/C133H164O14/c1-74-54-85(66-87-56-79(6)62-103(130(32,33)34)118(87)146-110(139)73-133(39,91-42-48-107(136)97(70-91)124(14,15)16)92-43-49-108(137)98(71-92)125(17,18)19)117(145-109(138)72-132(38,89-40-46-105(134)95(68-89)122(8,9)10)90-41-47-106(135)96(69-90)123(11,12)13)86(55-74)67-88-57-80(7)63-104(131(35,36)37)119(88)147-121(144)94-45-44-93(120(142)143)113(111-81(50-75(2)58-99(111)126(20,21)22)64-83-52-77(4)60-101(115(83)140)128(26,27)28)114(94)112-82(51-76(3)59-100(112)127(23,24)25)65-84-53-78(5)61-102(116(84)141)129(29,30)31/h40-63,68-71,134-137,140-141H,64-67,72-73H2,1-39H3,(H,142,143). The van der Waals surface area contributed by atoms with E-state index in [2.05, 4.69) is 149 Å². The fraction of sp³-hybridized carbons (Fsp3) is 0.429. The summed E-state index contributed by atoms with van der Waals surface area (Å²) in [7, 11) is 0. The smallest absolute Gasteiger partial charge is 0.344 e. The average Bonchev–Trinajstić information content (AvgIpc) is 0.716. The largest absolute Gasteiger partial charge is 0.508 e. The summed E-state index contributed by atoms with van der Waals surface area (Å²) in [5.74, 6) is -1.92. The Hall–Kier alpha value is -12.7. The molecular weight excluding hydrogens is 1820 g/mol. The van der Waals surface area contributed by atoms with Crippen LogP contribution in [-0.2, 0) is 100 Å². The molecule has 12 rings (SSSR count). The molecule has 14 heteroatoms. The number of aromatic carboxylic acids is 1. The van der Waals surface area contributed by atoms with Crippen LogP contribution in [0.3, 0.4) is 0 Å². The SMILES string of the molecule is Cc1cc(Cc2cc(C)cc(C(C)(C)C)c2OC(=O)CC(C)(c2ccc(O)c(C(C)(C)C)c2)c2ccc(O)c(C(C)(C)C)c2)c(OC(=O)CC(C)(c2ccc(O)c(C(C)(C)C)c2)c2ccc(O)c(C(C)(C)C)c2)c(Cc2cc(C)cc(C(C)(C)C)c2OC(=O)c2ccc(C(=O)O)c(-c3c(Cc4cc(C)cc(C(C)(C)C)c4O)cc(C)cc3C(C)(C)C)c2-c2c(Cc3cc(C)cc(C(C)(C)C)c3O)cc(C)cc2C(C)(C)C)c1. The highest BCUT2D eigenvalue weighted by Gasteiger charge is 2.43. The van der Waals surface area contributed by atoms with Crippen molar-refractivity contribution < 1.29 is 69.1 Å². The number of phenolic OH excluding ortho intramolecular Hbond substituents is 6. The molecule has 12 aromatic rings. The van der Waals surface area contributed by atoms with E-state index >= 15 is 19.2 Å². The third kappa shape index (κ3) is 24.5. The number of esters is 3. The van der Waals surface area contributed by atoms with Gasteiger partial charge in [-0.3, -0.25) is 9.59 Å². The summed E-state index contributed by atoms with van der Waals surface area (Å²) in [6.07, 6.45) is -0.231. The van der Waals surface area contributed by atoms with Crippen LogP contribution in [0.25, 0.3) is 22.3 Å². The molecule has 0 bridgehead atoms. The second kappa shape index (κ2) is 40.4. The van der Waals surface area contributed by atoms with Crippen molar-refractivity contribution in [3.05, 3.63) is 342 Å². The molecule has 0 saturated carbocycles. The van der Waals surface area contributed by atoms with Crippen molar-refractivity contribution in [2.24, 2.45) is 0 Å². The Morgan fingerprint density at radius 1 is 0.224 bits per heavy atom. The third-order valence-corrected chi connectivity index (χ3v) is 29.3. The predicted molar refractivity (Wildman–Crippen MR) is 602 cm³/mol. The fourth-order valence-corrected chi connectivity index (χ4v) is 21.5. The van der Waals surface area contributed by atoms with E-state index in [1.165, 1.54) is 6.07 Å². The Morgan fingerprint density at radius 3 is 0.721 bits per heavy atom. The van der Waals surface area contributed by atoms with Crippen molar-refractivity contribution in [1.29, 1.82) is 0 Å². The molecule has 0 aliphatic heterocycles. The second-order valence-electron chi connectivity index (χ2n) is 53.1. The number of aromatic hydroxyl groups is 6. The summed E-state index contributed by atoms with van der Waals surface area (Å²) in [5, 5.41) is 84.7. The lowest BCUT2D eigenvalue weighted by atomic mass is 9.70. The number of carbonyl (C=O) groups is 4. The number of rotatable bonds is 23. The maximum absolute atomic E-state index is 17.8. The van der Waals surface area contributed by atoms with Crippen molar-refractivity contribution in [2.75, 3.05) is 0 Å². The van der Waals surface area contributed by atoms with E-state index in [0.717, 1.165) is 77.9 Å². The first kappa shape index (κ1) is 113. The van der Waals surface area contributed by atoms with Crippen LogP contribution in [-0.4, -0.2) is 59.6 Å². The van der Waals surface area contributed by atoms with Crippen LogP contribution in [0.2, 0.25) is 0 Å². The van der Waals surface area contributed by atoms with E-state index in [0.29, 0.717) is 106 Å².